The highest BCUT2D eigenvalue weighted by molar-refractivity contribution is 5.95. The Balaban J connectivity index is 1.96. The fraction of sp³-hybridized carbons (Fsp3) is 0.579. The molecule has 1 fully saturated rings. The molecule has 1 amide bonds. The number of nitrogens with one attached hydrogen (secondary N) is 2. The van der Waals surface area contributed by atoms with Crippen molar-refractivity contribution in [1.29, 1.82) is 5.26 Å². The van der Waals surface area contributed by atoms with Crippen LogP contribution in [0.3, 0.4) is 0 Å². The summed E-state index contributed by atoms with van der Waals surface area (Å²) in [7, 11) is 0. The SMILES string of the molecule is CC(C)(C)CC1NC(C(=O)Nc2ccc(CCN)cc2)CC1C#N. The number of nitrogens with two attached hydrogens (primary N) is 1. The molecule has 24 heavy (non-hydrogen) atoms. The van der Waals surface area contributed by atoms with Gasteiger partial charge in [-0.1, -0.05) is 32.9 Å². The summed E-state index contributed by atoms with van der Waals surface area (Å²) in [6, 6.07) is 9.85. The number of carbonyl (C=O) groups is 1. The third-order valence-electron chi connectivity index (χ3n) is 4.36. The molecule has 3 atom stereocenters. The number of anilines is 1. The van der Waals surface area contributed by atoms with Crippen molar-refractivity contribution < 1.29 is 4.79 Å². The summed E-state index contributed by atoms with van der Waals surface area (Å²) in [5, 5.41) is 15.7. The Morgan fingerprint density at radius 2 is 2.04 bits per heavy atom. The van der Waals surface area contributed by atoms with E-state index in [0.717, 1.165) is 24.1 Å². The second-order valence-corrected chi connectivity index (χ2v) is 7.79. The van der Waals surface area contributed by atoms with Crippen molar-refractivity contribution in [2.75, 3.05) is 11.9 Å². The van der Waals surface area contributed by atoms with Gasteiger partial charge in [0.25, 0.3) is 0 Å². The minimum Gasteiger partial charge on any atom is -0.330 e. The lowest BCUT2D eigenvalue weighted by Crippen LogP contribution is -2.40. The van der Waals surface area contributed by atoms with Crippen molar-refractivity contribution >= 4 is 11.6 Å². The van der Waals surface area contributed by atoms with Crippen molar-refractivity contribution in [2.45, 2.75) is 52.1 Å². The zero-order valence-corrected chi connectivity index (χ0v) is 14.8. The van der Waals surface area contributed by atoms with E-state index in [4.69, 9.17) is 5.73 Å². The van der Waals surface area contributed by atoms with Crippen LogP contribution < -0.4 is 16.4 Å². The molecule has 1 heterocycles. The molecule has 0 aromatic heterocycles. The lowest BCUT2D eigenvalue weighted by atomic mass is 9.84. The number of carbonyl (C=O) groups excluding carboxylic acids is 1. The van der Waals surface area contributed by atoms with Gasteiger partial charge in [-0.15, -0.1) is 0 Å². The van der Waals surface area contributed by atoms with Gasteiger partial charge in [0.2, 0.25) is 5.91 Å². The summed E-state index contributed by atoms with van der Waals surface area (Å²) in [4.78, 5) is 12.5. The molecule has 5 heteroatoms. The Hall–Kier alpha value is -1.90. The van der Waals surface area contributed by atoms with Crippen molar-refractivity contribution in [3.05, 3.63) is 29.8 Å². The minimum absolute atomic E-state index is 0.0673. The molecule has 0 saturated carbocycles. The first-order valence-electron chi connectivity index (χ1n) is 8.58. The summed E-state index contributed by atoms with van der Waals surface area (Å²) in [6.07, 6.45) is 2.27. The Kier molecular flexibility index (Phi) is 5.98. The Bertz CT molecular complexity index is 597. The van der Waals surface area contributed by atoms with Crippen LogP contribution >= 0.6 is 0 Å². The van der Waals surface area contributed by atoms with Crippen LogP contribution in [0.2, 0.25) is 0 Å². The van der Waals surface area contributed by atoms with Crippen LogP contribution in [0, 0.1) is 22.7 Å². The topological polar surface area (TPSA) is 90.9 Å². The quantitative estimate of drug-likeness (QED) is 0.774. The first-order valence-corrected chi connectivity index (χ1v) is 8.58. The third-order valence-corrected chi connectivity index (χ3v) is 4.36. The number of hydrogen-bond donors (Lipinski definition) is 3. The van der Waals surface area contributed by atoms with E-state index in [1.807, 2.05) is 24.3 Å². The van der Waals surface area contributed by atoms with Crippen LogP contribution in [0.4, 0.5) is 5.69 Å². The summed E-state index contributed by atoms with van der Waals surface area (Å²) in [5.41, 5.74) is 7.59. The summed E-state index contributed by atoms with van der Waals surface area (Å²) < 4.78 is 0. The van der Waals surface area contributed by atoms with Crippen LogP contribution in [0.1, 0.15) is 39.2 Å². The average molecular weight is 328 g/mol. The van der Waals surface area contributed by atoms with Crippen LogP contribution in [0.15, 0.2) is 24.3 Å². The van der Waals surface area contributed by atoms with Crippen molar-refractivity contribution in [3.63, 3.8) is 0 Å². The maximum atomic E-state index is 12.5. The molecule has 0 spiro atoms. The normalized spacial score (nSPS) is 23.7. The highest BCUT2D eigenvalue weighted by Gasteiger charge is 2.39. The van der Waals surface area contributed by atoms with Gasteiger partial charge in [0.05, 0.1) is 18.0 Å². The molecule has 0 aliphatic carbocycles. The van der Waals surface area contributed by atoms with Crippen LogP contribution in [0.25, 0.3) is 0 Å². The van der Waals surface area contributed by atoms with E-state index in [1.54, 1.807) is 0 Å². The maximum absolute atomic E-state index is 12.5. The van der Waals surface area contributed by atoms with E-state index in [-0.39, 0.29) is 29.3 Å². The third kappa shape index (κ3) is 5.05. The second-order valence-electron chi connectivity index (χ2n) is 7.79. The molecular weight excluding hydrogens is 300 g/mol. The molecule has 2 rings (SSSR count). The molecule has 1 saturated heterocycles. The highest BCUT2D eigenvalue weighted by Crippen LogP contribution is 2.30. The van der Waals surface area contributed by atoms with E-state index in [9.17, 15) is 10.1 Å². The molecule has 1 aromatic carbocycles. The number of rotatable bonds is 5. The zero-order chi connectivity index (χ0) is 17.7. The minimum atomic E-state index is -0.314. The lowest BCUT2D eigenvalue weighted by Gasteiger charge is -2.25. The van der Waals surface area contributed by atoms with E-state index < -0.39 is 0 Å². The average Bonchev–Trinajstić information content (AvgIpc) is 2.90. The standard InChI is InChI=1S/C19H28N4O/c1-19(2,3)11-17-14(12-21)10-16(23-17)18(24)22-15-6-4-13(5-7-15)8-9-20/h4-7,14,16-17,23H,8-11,20H2,1-3H3,(H,22,24). The first-order chi connectivity index (χ1) is 11.3. The number of benzene rings is 1. The highest BCUT2D eigenvalue weighted by atomic mass is 16.2. The van der Waals surface area contributed by atoms with Gasteiger partial charge in [-0.3, -0.25) is 4.79 Å². The smallest absolute Gasteiger partial charge is 0.241 e. The van der Waals surface area contributed by atoms with Gasteiger partial charge in [0, 0.05) is 11.7 Å². The van der Waals surface area contributed by atoms with Gasteiger partial charge in [0.15, 0.2) is 0 Å². The van der Waals surface area contributed by atoms with E-state index in [0.29, 0.717) is 13.0 Å². The zero-order valence-electron chi connectivity index (χ0n) is 14.8. The molecule has 0 radical (unpaired) electrons. The van der Waals surface area contributed by atoms with E-state index in [2.05, 4.69) is 37.5 Å². The van der Waals surface area contributed by atoms with Crippen LogP contribution in [-0.2, 0) is 11.2 Å². The first kappa shape index (κ1) is 18.4. The van der Waals surface area contributed by atoms with Gasteiger partial charge < -0.3 is 16.4 Å². The number of nitrogens with zero attached hydrogens (tertiary/aromatic N) is 1. The molecule has 1 aliphatic heterocycles. The van der Waals surface area contributed by atoms with E-state index in [1.165, 1.54) is 0 Å². The monoisotopic (exact) mass is 328 g/mol. The molecule has 1 aliphatic rings. The Morgan fingerprint density at radius 1 is 1.38 bits per heavy atom. The molecule has 0 bridgehead atoms. The predicted octanol–water partition coefficient (Wildman–Crippen LogP) is 2.43. The molecular formula is C19H28N4O. The number of amides is 1. The molecule has 1 aromatic rings. The molecule has 4 N–H and O–H groups in total. The van der Waals surface area contributed by atoms with Crippen LogP contribution in [-0.4, -0.2) is 24.5 Å². The second kappa shape index (κ2) is 7.78. The number of hydrogen-bond acceptors (Lipinski definition) is 4. The van der Waals surface area contributed by atoms with Crippen LogP contribution in [0.5, 0.6) is 0 Å². The van der Waals surface area contributed by atoms with Gasteiger partial charge in [-0.25, -0.2) is 0 Å². The lowest BCUT2D eigenvalue weighted by molar-refractivity contribution is -0.117. The summed E-state index contributed by atoms with van der Waals surface area (Å²) >= 11 is 0. The number of nitriles is 1. The summed E-state index contributed by atoms with van der Waals surface area (Å²) in [6.45, 7) is 7.07. The largest absolute Gasteiger partial charge is 0.330 e. The van der Waals surface area contributed by atoms with Gasteiger partial charge in [0.1, 0.15) is 0 Å². The van der Waals surface area contributed by atoms with Crippen molar-refractivity contribution in [1.82, 2.24) is 5.32 Å². The predicted molar refractivity (Wildman–Crippen MR) is 96.3 cm³/mol. The van der Waals surface area contributed by atoms with Gasteiger partial charge >= 0.3 is 0 Å². The van der Waals surface area contributed by atoms with Gasteiger partial charge in [-0.2, -0.15) is 5.26 Å². The fourth-order valence-electron chi connectivity index (χ4n) is 3.20. The molecule has 5 nitrogen and oxygen atoms in total. The van der Waals surface area contributed by atoms with Crippen molar-refractivity contribution in [2.24, 2.45) is 17.1 Å². The molecule has 3 unspecified atom stereocenters. The fourth-order valence-corrected chi connectivity index (χ4v) is 3.20. The van der Waals surface area contributed by atoms with Gasteiger partial charge in [-0.05, 0) is 48.9 Å². The summed E-state index contributed by atoms with van der Waals surface area (Å²) in [5.74, 6) is -0.190. The Labute approximate surface area is 144 Å². The van der Waals surface area contributed by atoms with E-state index >= 15 is 0 Å². The Morgan fingerprint density at radius 3 is 2.58 bits per heavy atom. The molecule has 130 valence electrons. The van der Waals surface area contributed by atoms with Crippen molar-refractivity contribution in [3.8, 4) is 6.07 Å². The maximum Gasteiger partial charge on any atom is 0.241 e.